The van der Waals surface area contributed by atoms with Gasteiger partial charge in [-0.2, -0.15) is 4.98 Å². The standard InChI is InChI=1S/C21H21N5O2S/c1-13-9-10-16(22-11-13)26-18(27)14-7-5-6-8-15(14)23-20(26)29-12-17-24-19(25-28-17)21(2,3)4/h5-11H,12H2,1-4H3. The van der Waals surface area contributed by atoms with Crippen molar-refractivity contribution in [1.29, 1.82) is 0 Å². The van der Waals surface area contributed by atoms with Gasteiger partial charge in [0.2, 0.25) is 5.89 Å². The highest BCUT2D eigenvalue weighted by Gasteiger charge is 2.21. The number of aromatic nitrogens is 5. The van der Waals surface area contributed by atoms with Crippen LogP contribution in [0.5, 0.6) is 0 Å². The number of benzene rings is 1. The Labute approximate surface area is 172 Å². The van der Waals surface area contributed by atoms with Crippen molar-refractivity contribution >= 4 is 22.7 Å². The SMILES string of the molecule is Cc1ccc(-n2c(SCc3nc(C(C)(C)C)no3)nc3ccccc3c2=O)nc1. The first kappa shape index (κ1) is 19.3. The smallest absolute Gasteiger partial charge is 0.267 e. The van der Waals surface area contributed by atoms with Crippen molar-refractivity contribution in [2.45, 2.75) is 44.0 Å². The van der Waals surface area contributed by atoms with E-state index in [2.05, 4.69) is 15.1 Å². The van der Waals surface area contributed by atoms with Gasteiger partial charge in [0.25, 0.3) is 5.56 Å². The number of pyridine rings is 1. The minimum absolute atomic E-state index is 0.157. The molecule has 1 aromatic carbocycles. The Morgan fingerprint density at radius 2 is 1.90 bits per heavy atom. The summed E-state index contributed by atoms with van der Waals surface area (Å²) in [6, 6.07) is 11.0. The third-order valence-corrected chi connectivity index (χ3v) is 5.26. The lowest BCUT2D eigenvalue weighted by molar-refractivity contribution is 0.372. The van der Waals surface area contributed by atoms with Crippen LogP contribution in [-0.2, 0) is 11.2 Å². The van der Waals surface area contributed by atoms with Crippen LogP contribution in [0, 0.1) is 6.92 Å². The third-order valence-electron chi connectivity index (χ3n) is 4.33. The molecule has 0 N–H and O–H groups in total. The molecule has 0 saturated carbocycles. The Kier molecular flexibility index (Phi) is 4.96. The van der Waals surface area contributed by atoms with Gasteiger partial charge in [-0.25, -0.2) is 14.5 Å². The average Bonchev–Trinajstić information content (AvgIpc) is 3.17. The van der Waals surface area contributed by atoms with E-state index in [9.17, 15) is 4.79 Å². The van der Waals surface area contributed by atoms with Crippen molar-refractivity contribution in [3.05, 3.63) is 70.2 Å². The van der Waals surface area contributed by atoms with Gasteiger partial charge in [0.1, 0.15) is 5.82 Å². The van der Waals surface area contributed by atoms with Crippen molar-refractivity contribution in [2.24, 2.45) is 0 Å². The van der Waals surface area contributed by atoms with Crippen LogP contribution in [-0.4, -0.2) is 24.7 Å². The van der Waals surface area contributed by atoms with Gasteiger partial charge in [-0.1, -0.05) is 55.9 Å². The number of fused-ring (bicyclic) bond motifs is 1. The number of hydrogen-bond donors (Lipinski definition) is 0. The van der Waals surface area contributed by atoms with Crippen molar-refractivity contribution in [3.63, 3.8) is 0 Å². The Morgan fingerprint density at radius 3 is 2.59 bits per heavy atom. The molecular weight excluding hydrogens is 386 g/mol. The van der Waals surface area contributed by atoms with Crippen LogP contribution in [0.4, 0.5) is 0 Å². The molecule has 0 fully saturated rings. The van der Waals surface area contributed by atoms with Crippen molar-refractivity contribution in [2.75, 3.05) is 0 Å². The third kappa shape index (κ3) is 3.93. The molecule has 8 heteroatoms. The van der Waals surface area contributed by atoms with Gasteiger partial charge in [0.05, 0.1) is 16.7 Å². The molecule has 4 aromatic rings. The fraction of sp³-hybridized carbons (Fsp3) is 0.286. The van der Waals surface area contributed by atoms with Crippen LogP contribution in [0.1, 0.15) is 38.0 Å². The van der Waals surface area contributed by atoms with E-state index in [1.807, 2.05) is 58.0 Å². The van der Waals surface area contributed by atoms with E-state index in [4.69, 9.17) is 9.51 Å². The highest BCUT2D eigenvalue weighted by Crippen LogP contribution is 2.25. The molecule has 0 aliphatic carbocycles. The van der Waals surface area contributed by atoms with E-state index in [1.165, 1.54) is 16.3 Å². The minimum atomic E-state index is -0.193. The molecule has 0 spiro atoms. The summed E-state index contributed by atoms with van der Waals surface area (Å²) in [5.41, 5.74) is 1.31. The quantitative estimate of drug-likeness (QED) is 0.372. The molecule has 3 aromatic heterocycles. The summed E-state index contributed by atoms with van der Waals surface area (Å²) in [4.78, 5) is 26.8. The molecule has 0 saturated heterocycles. The molecule has 0 aliphatic heterocycles. The van der Waals surface area contributed by atoms with E-state index >= 15 is 0 Å². The lowest BCUT2D eigenvalue weighted by Gasteiger charge is -2.12. The van der Waals surface area contributed by atoms with E-state index in [0.717, 1.165) is 5.56 Å². The predicted molar refractivity (Wildman–Crippen MR) is 112 cm³/mol. The van der Waals surface area contributed by atoms with Gasteiger partial charge in [-0.3, -0.25) is 4.79 Å². The summed E-state index contributed by atoms with van der Waals surface area (Å²) in [6.07, 6.45) is 1.74. The predicted octanol–water partition coefficient (Wildman–Crippen LogP) is 4.06. The maximum absolute atomic E-state index is 13.2. The second-order valence-electron chi connectivity index (χ2n) is 7.80. The molecule has 0 aliphatic rings. The molecule has 0 bridgehead atoms. The lowest BCUT2D eigenvalue weighted by atomic mass is 9.96. The summed E-state index contributed by atoms with van der Waals surface area (Å²) < 4.78 is 6.91. The lowest BCUT2D eigenvalue weighted by Crippen LogP contribution is -2.22. The maximum Gasteiger partial charge on any atom is 0.267 e. The molecule has 148 valence electrons. The first-order valence-electron chi connectivity index (χ1n) is 9.23. The van der Waals surface area contributed by atoms with E-state index in [1.54, 1.807) is 12.3 Å². The molecule has 3 heterocycles. The Hall–Kier alpha value is -3.00. The molecule has 7 nitrogen and oxygen atoms in total. The molecule has 4 rings (SSSR count). The number of thioether (sulfide) groups is 1. The van der Waals surface area contributed by atoms with Gasteiger partial charge in [-0.15, -0.1) is 0 Å². The summed E-state index contributed by atoms with van der Waals surface area (Å²) in [5.74, 6) is 2.07. The Morgan fingerprint density at radius 1 is 1.10 bits per heavy atom. The van der Waals surface area contributed by atoms with Crippen molar-refractivity contribution in [3.8, 4) is 5.82 Å². The van der Waals surface area contributed by atoms with Gasteiger partial charge in [0.15, 0.2) is 11.0 Å². The number of aryl methyl sites for hydroxylation is 1. The van der Waals surface area contributed by atoms with Crippen LogP contribution < -0.4 is 5.56 Å². The van der Waals surface area contributed by atoms with Crippen molar-refractivity contribution < 1.29 is 4.52 Å². The van der Waals surface area contributed by atoms with Gasteiger partial charge < -0.3 is 4.52 Å². The molecule has 0 amide bonds. The first-order chi connectivity index (χ1) is 13.8. The summed E-state index contributed by atoms with van der Waals surface area (Å²) >= 11 is 1.37. The topological polar surface area (TPSA) is 86.7 Å². The normalized spacial score (nSPS) is 11.9. The fourth-order valence-electron chi connectivity index (χ4n) is 2.75. The molecule has 0 radical (unpaired) electrons. The van der Waals surface area contributed by atoms with Crippen LogP contribution in [0.3, 0.4) is 0 Å². The monoisotopic (exact) mass is 407 g/mol. The maximum atomic E-state index is 13.2. The number of rotatable bonds is 4. The Balaban J connectivity index is 1.76. The van der Waals surface area contributed by atoms with Crippen molar-refractivity contribution in [1.82, 2.24) is 24.7 Å². The number of hydrogen-bond acceptors (Lipinski definition) is 7. The van der Waals surface area contributed by atoms with Crippen LogP contribution in [0.2, 0.25) is 0 Å². The highest BCUT2D eigenvalue weighted by atomic mass is 32.2. The summed E-state index contributed by atoms with van der Waals surface area (Å²) in [7, 11) is 0. The zero-order valence-electron chi connectivity index (χ0n) is 16.7. The molecule has 0 atom stereocenters. The minimum Gasteiger partial charge on any atom is -0.338 e. The Bertz CT molecular complexity index is 1220. The molecule has 0 unspecified atom stereocenters. The zero-order chi connectivity index (χ0) is 20.6. The largest absolute Gasteiger partial charge is 0.338 e. The van der Waals surface area contributed by atoms with Gasteiger partial charge in [-0.05, 0) is 30.7 Å². The van der Waals surface area contributed by atoms with E-state index < -0.39 is 0 Å². The van der Waals surface area contributed by atoms with Crippen LogP contribution in [0.15, 0.2) is 57.1 Å². The first-order valence-corrected chi connectivity index (χ1v) is 10.2. The zero-order valence-corrected chi connectivity index (χ0v) is 17.5. The number of para-hydroxylation sites is 1. The molecule has 29 heavy (non-hydrogen) atoms. The van der Waals surface area contributed by atoms with Gasteiger partial charge >= 0.3 is 0 Å². The second-order valence-corrected chi connectivity index (χ2v) is 8.74. The second kappa shape index (κ2) is 7.44. The summed E-state index contributed by atoms with van der Waals surface area (Å²) in [6.45, 7) is 8.04. The summed E-state index contributed by atoms with van der Waals surface area (Å²) in [5, 5.41) is 5.13. The fourth-order valence-corrected chi connectivity index (χ4v) is 3.59. The number of nitrogens with zero attached hydrogens (tertiary/aromatic N) is 5. The van der Waals surface area contributed by atoms with Gasteiger partial charge in [0, 0.05) is 11.6 Å². The van der Waals surface area contributed by atoms with Crippen LogP contribution >= 0.6 is 11.8 Å². The van der Waals surface area contributed by atoms with E-state index in [-0.39, 0.29) is 11.0 Å². The highest BCUT2D eigenvalue weighted by molar-refractivity contribution is 7.98. The molecular formula is C21H21N5O2S. The van der Waals surface area contributed by atoms with E-state index in [0.29, 0.717) is 39.3 Å². The van der Waals surface area contributed by atoms with Crippen LogP contribution in [0.25, 0.3) is 16.7 Å². The average molecular weight is 407 g/mol.